The van der Waals surface area contributed by atoms with Gasteiger partial charge in [0.1, 0.15) is 27.5 Å². The Morgan fingerprint density at radius 2 is 0.982 bits per heavy atom. The van der Waals surface area contributed by atoms with Crippen molar-refractivity contribution in [3.63, 3.8) is 0 Å². The van der Waals surface area contributed by atoms with E-state index in [4.69, 9.17) is 4.98 Å². The summed E-state index contributed by atoms with van der Waals surface area (Å²) in [7, 11) is 0. The van der Waals surface area contributed by atoms with Gasteiger partial charge in [0.25, 0.3) is 0 Å². The highest BCUT2D eigenvalue weighted by Gasteiger charge is 2.23. The summed E-state index contributed by atoms with van der Waals surface area (Å²) in [5, 5.41) is 31.2. The number of hydrogen-bond acceptors (Lipinski definition) is 6. The first kappa shape index (κ1) is 31.4. The Bertz CT molecular complexity index is 3320. The summed E-state index contributed by atoms with van der Waals surface area (Å²) in [4.78, 5) is 14.1. The van der Waals surface area contributed by atoms with Crippen molar-refractivity contribution in [3.05, 3.63) is 164 Å². The highest BCUT2D eigenvalue weighted by atomic mass is 32.1. The van der Waals surface area contributed by atoms with Crippen LogP contribution in [0.3, 0.4) is 0 Å². The number of nitrogens with zero attached hydrogens (tertiary/aromatic N) is 3. The van der Waals surface area contributed by atoms with Gasteiger partial charge in [-0.05, 0) is 114 Å². The van der Waals surface area contributed by atoms with E-state index in [2.05, 4.69) is 107 Å². The van der Waals surface area contributed by atoms with Crippen LogP contribution in [0.25, 0.3) is 108 Å². The lowest BCUT2D eigenvalue weighted by Gasteiger charge is -2.21. The molecular weight excluding hydrogens is 695 g/mol. The SMILES string of the molecule is Oc1ccc(-c2c3ccccc3c(-c3ccc(O)c4ncccc34)c3c2ccc2c(-c4ccc(-c5nc6ccccc6s5)cc4)cccc23)c2cccnc12. The fraction of sp³-hybridized carbons (Fsp3) is 0. The molecule has 0 atom stereocenters. The van der Waals surface area contributed by atoms with Crippen molar-refractivity contribution in [1.29, 1.82) is 0 Å². The van der Waals surface area contributed by atoms with Gasteiger partial charge in [0.2, 0.25) is 0 Å². The molecular formula is C49H29N3O2S. The summed E-state index contributed by atoms with van der Waals surface area (Å²) in [5.41, 5.74) is 9.61. The lowest BCUT2D eigenvalue weighted by molar-refractivity contribution is 0.480. The number of rotatable bonds is 4. The molecule has 0 fully saturated rings. The zero-order valence-corrected chi connectivity index (χ0v) is 30.0. The molecule has 6 heteroatoms. The number of phenolic OH excluding ortho intramolecular Hbond substituents is 2. The lowest BCUT2D eigenvalue weighted by atomic mass is 9.82. The molecule has 11 rings (SSSR count). The standard InChI is InChI=1S/C49H29N3O2S/c53-41-24-22-35(37-12-6-26-50-47(37)41)44-33-8-1-2-9-34(33)45(36-23-25-42(54)48-38(36)13-7-27-51-48)46-32-11-5-10-30(31(32)20-21-39(44)46)28-16-18-29(19-17-28)49-52-40-14-3-4-15-43(40)55-49/h1-27,53-54H. The zero-order chi connectivity index (χ0) is 36.6. The molecule has 0 unspecified atom stereocenters. The topological polar surface area (TPSA) is 79.1 Å². The number of aromatic hydroxyl groups is 2. The summed E-state index contributed by atoms with van der Waals surface area (Å²) < 4.78 is 1.18. The molecule has 0 amide bonds. The number of hydrogen-bond donors (Lipinski definition) is 2. The van der Waals surface area contributed by atoms with Crippen LogP contribution in [0.5, 0.6) is 11.5 Å². The molecule has 5 nitrogen and oxygen atoms in total. The van der Waals surface area contributed by atoms with Crippen molar-refractivity contribution in [1.82, 2.24) is 15.0 Å². The number of fused-ring (bicyclic) bond motifs is 7. The molecule has 0 saturated carbocycles. The number of pyridine rings is 2. The molecule has 0 radical (unpaired) electrons. The summed E-state index contributed by atoms with van der Waals surface area (Å²) in [6.45, 7) is 0. The molecule has 0 saturated heterocycles. The van der Waals surface area contributed by atoms with E-state index in [0.717, 1.165) is 92.6 Å². The number of thiazole rings is 1. The van der Waals surface area contributed by atoms with Crippen LogP contribution in [0.15, 0.2) is 164 Å². The highest BCUT2D eigenvalue weighted by molar-refractivity contribution is 7.21. The molecule has 55 heavy (non-hydrogen) atoms. The fourth-order valence-corrected chi connectivity index (χ4v) is 9.37. The Hall–Kier alpha value is -7.15. The molecule has 0 spiro atoms. The quantitative estimate of drug-likeness (QED) is 0.140. The third-order valence-electron chi connectivity index (χ3n) is 10.8. The van der Waals surface area contributed by atoms with E-state index in [1.54, 1.807) is 35.9 Å². The summed E-state index contributed by atoms with van der Waals surface area (Å²) in [6, 6.07) is 52.0. The second-order valence-electron chi connectivity index (χ2n) is 13.8. The number of benzene rings is 8. The van der Waals surface area contributed by atoms with E-state index in [1.807, 2.05) is 42.5 Å². The number of para-hydroxylation sites is 1. The van der Waals surface area contributed by atoms with Gasteiger partial charge in [-0.25, -0.2) is 4.98 Å². The predicted octanol–water partition coefficient (Wildman–Crippen LogP) is 12.9. The second kappa shape index (κ2) is 12.2. The average Bonchev–Trinajstić information content (AvgIpc) is 3.68. The molecule has 0 aliphatic heterocycles. The van der Waals surface area contributed by atoms with E-state index in [0.29, 0.717) is 11.0 Å². The third-order valence-corrected chi connectivity index (χ3v) is 11.9. The summed E-state index contributed by atoms with van der Waals surface area (Å²) in [6.07, 6.45) is 3.44. The minimum atomic E-state index is 0.147. The first-order valence-electron chi connectivity index (χ1n) is 18.1. The molecule has 11 aromatic rings. The third kappa shape index (κ3) is 4.82. The molecule has 3 aromatic heterocycles. The van der Waals surface area contributed by atoms with Crippen LogP contribution >= 0.6 is 11.3 Å². The maximum atomic E-state index is 11.0. The second-order valence-corrected chi connectivity index (χ2v) is 14.8. The fourth-order valence-electron chi connectivity index (χ4n) is 8.40. The van der Waals surface area contributed by atoms with Gasteiger partial charge in [0.15, 0.2) is 0 Å². The number of aromatic nitrogens is 3. The van der Waals surface area contributed by atoms with Crippen LogP contribution in [0.2, 0.25) is 0 Å². The zero-order valence-electron chi connectivity index (χ0n) is 29.2. The smallest absolute Gasteiger partial charge is 0.141 e. The predicted molar refractivity (Wildman–Crippen MR) is 228 cm³/mol. The first-order chi connectivity index (χ1) is 27.1. The van der Waals surface area contributed by atoms with Crippen LogP contribution in [0.4, 0.5) is 0 Å². The molecule has 8 aromatic carbocycles. The van der Waals surface area contributed by atoms with Crippen molar-refractivity contribution < 1.29 is 10.2 Å². The minimum absolute atomic E-state index is 0.147. The first-order valence-corrected chi connectivity index (χ1v) is 18.9. The van der Waals surface area contributed by atoms with E-state index < -0.39 is 0 Å². The van der Waals surface area contributed by atoms with E-state index >= 15 is 0 Å². The number of phenols is 2. The summed E-state index contributed by atoms with van der Waals surface area (Å²) >= 11 is 1.71. The van der Waals surface area contributed by atoms with Crippen molar-refractivity contribution >= 4 is 75.7 Å². The minimum Gasteiger partial charge on any atom is -0.506 e. The van der Waals surface area contributed by atoms with Crippen LogP contribution in [-0.4, -0.2) is 25.2 Å². The summed E-state index contributed by atoms with van der Waals surface area (Å²) in [5.74, 6) is 0.297. The maximum Gasteiger partial charge on any atom is 0.141 e. The molecule has 0 aliphatic rings. The van der Waals surface area contributed by atoms with Crippen LogP contribution in [-0.2, 0) is 0 Å². The Morgan fingerprint density at radius 1 is 0.400 bits per heavy atom. The van der Waals surface area contributed by atoms with Gasteiger partial charge in [0, 0.05) is 28.7 Å². The van der Waals surface area contributed by atoms with Crippen molar-refractivity contribution in [3.8, 4) is 55.5 Å². The van der Waals surface area contributed by atoms with Crippen LogP contribution in [0.1, 0.15) is 0 Å². The van der Waals surface area contributed by atoms with E-state index in [9.17, 15) is 10.2 Å². The maximum absolute atomic E-state index is 11.0. The average molecular weight is 724 g/mol. The van der Waals surface area contributed by atoms with Crippen molar-refractivity contribution in [2.24, 2.45) is 0 Å². The lowest BCUT2D eigenvalue weighted by Crippen LogP contribution is -1.95. The van der Waals surface area contributed by atoms with Gasteiger partial charge in [-0.15, -0.1) is 11.3 Å². The molecule has 0 aliphatic carbocycles. The molecule has 0 bridgehead atoms. The van der Waals surface area contributed by atoms with Gasteiger partial charge in [-0.3, -0.25) is 9.97 Å². The Morgan fingerprint density at radius 3 is 1.69 bits per heavy atom. The highest BCUT2D eigenvalue weighted by Crippen LogP contribution is 2.50. The Balaban J connectivity index is 1.24. The van der Waals surface area contributed by atoms with E-state index in [-0.39, 0.29) is 11.5 Å². The monoisotopic (exact) mass is 723 g/mol. The largest absolute Gasteiger partial charge is 0.506 e. The molecule has 3 heterocycles. The van der Waals surface area contributed by atoms with Gasteiger partial charge < -0.3 is 10.2 Å². The van der Waals surface area contributed by atoms with E-state index in [1.165, 1.54) is 4.70 Å². The normalized spacial score (nSPS) is 11.8. The van der Waals surface area contributed by atoms with Gasteiger partial charge in [0.05, 0.1) is 10.2 Å². The van der Waals surface area contributed by atoms with Crippen LogP contribution < -0.4 is 0 Å². The molecule has 258 valence electrons. The van der Waals surface area contributed by atoms with Crippen LogP contribution in [0, 0.1) is 0 Å². The Kier molecular flexibility index (Phi) is 6.96. The van der Waals surface area contributed by atoms with Crippen molar-refractivity contribution in [2.45, 2.75) is 0 Å². The Labute approximate surface area is 319 Å². The van der Waals surface area contributed by atoms with Crippen molar-refractivity contribution in [2.75, 3.05) is 0 Å². The van der Waals surface area contributed by atoms with Gasteiger partial charge >= 0.3 is 0 Å². The van der Waals surface area contributed by atoms with Gasteiger partial charge in [-0.1, -0.05) is 103 Å². The van der Waals surface area contributed by atoms with Gasteiger partial charge in [-0.2, -0.15) is 0 Å². The molecule has 2 N–H and O–H groups in total.